The summed E-state index contributed by atoms with van der Waals surface area (Å²) in [5.74, 6) is 1.75. The van der Waals surface area contributed by atoms with Crippen LogP contribution in [0, 0.1) is 0 Å². The van der Waals surface area contributed by atoms with Gasteiger partial charge in [0, 0.05) is 7.05 Å². The van der Waals surface area contributed by atoms with Crippen molar-refractivity contribution in [3.8, 4) is 0 Å². The van der Waals surface area contributed by atoms with E-state index in [9.17, 15) is 0 Å². The Labute approximate surface area is 100 Å². The van der Waals surface area contributed by atoms with Crippen molar-refractivity contribution in [3.63, 3.8) is 0 Å². The fourth-order valence-corrected chi connectivity index (χ4v) is 1.62. The summed E-state index contributed by atoms with van der Waals surface area (Å²) in [5, 5.41) is 0.897. The molecule has 1 aromatic heterocycles. The predicted octanol–water partition coefficient (Wildman–Crippen LogP) is 2.59. The Bertz CT molecular complexity index is 264. The number of nitrogens with zero attached hydrogens (tertiary/aromatic N) is 2. The molecule has 1 heterocycles. The molecular formula is C6H8Cl2N2PtS+2. The third-order valence-electron chi connectivity index (χ3n) is 1.35. The predicted molar refractivity (Wildman–Crippen MR) is 50.4 cm³/mol. The SMILES string of the molecule is CSCc1nc(Cl)c(Cl)n1C.[Pt+2]. The number of thioether (sulfide) groups is 1. The summed E-state index contributed by atoms with van der Waals surface area (Å²) in [7, 11) is 1.85. The summed E-state index contributed by atoms with van der Waals surface area (Å²) in [4.78, 5) is 4.08. The van der Waals surface area contributed by atoms with Crippen LogP contribution < -0.4 is 0 Å². The van der Waals surface area contributed by atoms with Crippen LogP contribution in [0.2, 0.25) is 10.3 Å². The summed E-state index contributed by atoms with van der Waals surface area (Å²) in [6, 6.07) is 0. The van der Waals surface area contributed by atoms with Crippen molar-refractivity contribution >= 4 is 35.0 Å². The van der Waals surface area contributed by atoms with Crippen LogP contribution in [0.5, 0.6) is 0 Å². The second-order valence-corrected chi connectivity index (χ2v) is 3.68. The summed E-state index contributed by atoms with van der Waals surface area (Å²) >= 11 is 13.2. The van der Waals surface area contributed by atoms with Crippen molar-refractivity contribution in [1.82, 2.24) is 9.55 Å². The molecule has 0 saturated heterocycles. The minimum absolute atomic E-state index is 0. The number of imidazole rings is 1. The molecule has 0 aliphatic rings. The standard InChI is InChI=1S/C6H8Cl2N2S.Pt/c1-10-4(3-11-2)9-5(7)6(10)8;/h3H2,1-2H3;/q;+2. The molecule has 0 fully saturated rings. The molecule has 0 aliphatic carbocycles. The molecule has 0 radical (unpaired) electrons. The van der Waals surface area contributed by atoms with E-state index in [0.29, 0.717) is 10.3 Å². The molecule has 6 heteroatoms. The first-order valence-corrected chi connectivity index (χ1v) is 5.17. The van der Waals surface area contributed by atoms with E-state index in [0.717, 1.165) is 11.6 Å². The molecular weight excluding hydrogens is 398 g/mol. The Hall–Kier alpha value is 0.828. The average Bonchev–Trinajstić information content (AvgIpc) is 2.19. The number of hydrogen-bond acceptors (Lipinski definition) is 2. The Kier molecular flexibility index (Phi) is 5.92. The quantitative estimate of drug-likeness (QED) is 0.752. The van der Waals surface area contributed by atoms with Crippen LogP contribution in [-0.4, -0.2) is 15.8 Å². The molecule has 0 N–H and O–H groups in total. The fourth-order valence-electron chi connectivity index (χ4n) is 0.744. The summed E-state index contributed by atoms with van der Waals surface area (Å²) < 4.78 is 1.79. The van der Waals surface area contributed by atoms with Gasteiger partial charge in [0.25, 0.3) is 0 Å². The molecule has 0 aromatic carbocycles. The Morgan fingerprint density at radius 1 is 1.50 bits per heavy atom. The molecule has 0 spiro atoms. The first-order chi connectivity index (χ1) is 5.16. The van der Waals surface area contributed by atoms with E-state index in [2.05, 4.69) is 4.98 Å². The maximum atomic E-state index is 5.79. The monoisotopic (exact) mass is 405 g/mol. The minimum Gasteiger partial charge on any atom is -0.320 e. The molecule has 1 aromatic rings. The summed E-state index contributed by atoms with van der Waals surface area (Å²) in [6.45, 7) is 0. The van der Waals surface area contributed by atoms with Gasteiger partial charge in [0.1, 0.15) is 11.0 Å². The zero-order valence-corrected chi connectivity index (χ0v) is 11.2. The van der Waals surface area contributed by atoms with Crippen LogP contribution in [0.4, 0.5) is 0 Å². The van der Waals surface area contributed by atoms with Gasteiger partial charge in [0.05, 0.1) is 5.75 Å². The van der Waals surface area contributed by atoms with Gasteiger partial charge in [-0.05, 0) is 6.26 Å². The van der Waals surface area contributed by atoms with Crippen LogP contribution in [-0.2, 0) is 33.9 Å². The number of rotatable bonds is 2. The number of hydrogen-bond donors (Lipinski definition) is 0. The van der Waals surface area contributed by atoms with E-state index in [1.165, 1.54) is 0 Å². The maximum absolute atomic E-state index is 5.79. The van der Waals surface area contributed by atoms with Crippen LogP contribution in [0.1, 0.15) is 5.82 Å². The molecule has 2 nitrogen and oxygen atoms in total. The molecule has 0 atom stereocenters. The topological polar surface area (TPSA) is 17.8 Å². The zero-order chi connectivity index (χ0) is 8.43. The second kappa shape index (κ2) is 5.54. The Morgan fingerprint density at radius 2 is 2.08 bits per heavy atom. The van der Waals surface area contributed by atoms with Gasteiger partial charge < -0.3 is 4.57 Å². The third kappa shape index (κ3) is 2.66. The first kappa shape index (κ1) is 12.8. The van der Waals surface area contributed by atoms with Crippen molar-refractivity contribution in [1.29, 1.82) is 0 Å². The van der Waals surface area contributed by atoms with E-state index >= 15 is 0 Å². The van der Waals surface area contributed by atoms with E-state index in [-0.39, 0.29) is 21.1 Å². The van der Waals surface area contributed by atoms with Gasteiger partial charge in [-0.25, -0.2) is 4.98 Å². The normalized spacial score (nSPS) is 9.67. The zero-order valence-electron chi connectivity index (χ0n) is 6.58. The molecule has 0 aliphatic heterocycles. The average molecular weight is 406 g/mol. The molecule has 12 heavy (non-hydrogen) atoms. The third-order valence-corrected chi connectivity index (χ3v) is 2.69. The van der Waals surface area contributed by atoms with Gasteiger partial charge in [-0.3, -0.25) is 0 Å². The van der Waals surface area contributed by atoms with Gasteiger partial charge >= 0.3 is 21.1 Å². The Balaban J connectivity index is 0.00000121. The van der Waals surface area contributed by atoms with Crippen LogP contribution in [0.25, 0.3) is 0 Å². The molecule has 0 amide bonds. The van der Waals surface area contributed by atoms with Crippen molar-refractivity contribution < 1.29 is 21.1 Å². The second-order valence-electron chi connectivity index (χ2n) is 2.10. The molecule has 1 rings (SSSR count). The van der Waals surface area contributed by atoms with Gasteiger partial charge in [0.15, 0.2) is 5.15 Å². The number of aromatic nitrogens is 2. The fraction of sp³-hybridized carbons (Fsp3) is 0.500. The van der Waals surface area contributed by atoms with Crippen LogP contribution in [0.3, 0.4) is 0 Å². The van der Waals surface area contributed by atoms with E-state index < -0.39 is 0 Å². The molecule has 0 unspecified atom stereocenters. The van der Waals surface area contributed by atoms with E-state index in [4.69, 9.17) is 23.2 Å². The first-order valence-electron chi connectivity index (χ1n) is 3.02. The van der Waals surface area contributed by atoms with Crippen molar-refractivity contribution in [2.75, 3.05) is 6.26 Å². The van der Waals surface area contributed by atoms with Gasteiger partial charge in [0.2, 0.25) is 0 Å². The molecule has 0 bridgehead atoms. The minimum atomic E-state index is 0. The van der Waals surface area contributed by atoms with E-state index in [1.54, 1.807) is 16.3 Å². The van der Waals surface area contributed by atoms with Gasteiger partial charge in [-0.1, -0.05) is 23.2 Å². The smallest absolute Gasteiger partial charge is 0.320 e. The number of halogens is 2. The van der Waals surface area contributed by atoms with Crippen molar-refractivity contribution in [2.45, 2.75) is 5.75 Å². The Morgan fingerprint density at radius 3 is 2.42 bits per heavy atom. The summed E-state index contributed by atoms with van der Waals surface area (Å²) in [6.07, 6.45) is 2.01. The maximum Gasteiger partial charge on any atom is 2.00 e. The largest absolute Gasteiger partial charge is 2.00 e. The van der Waals surface area contributed by atoms with Crippen molar-refractivity contribution in [3.05, 3.63) is 16.1 Å². The van der Waals surface area contributed by atoms with Gasteiger partial charge in [-0.15, -0.1) is 0 Å². The van der Waals surface area contributed by atoms with Gasteiger partial charge in [-0.2, -0.15) is 11.8 Å². The van der Waals surface area contributed by atoms with Crippen LogP contribution in [0.15, 0.2) is 0 Å². The summed E-state index contributed by atoms with van der Waals surface area (Å²) in [5.41, 5.74) is 0. The van der Waals surface area contributed by atoms with Crippen LogP contribution >= 0.6 is 35.0 Å². The van der Waals surface area contributed by atoms with Crippen molar-refractivity contribution in [2.24, 2.45) is 7.05 Å². The molecule has 0 saturated carbocycles. The van der Waals surface area contributed by atoms with E-state index in [1.807, 2.05) is 13.3 Å². The molecule has 70 valence electrons.